The number of fused-ring (bicyclic) bond motifs is 1. The quantitative estimate of drug-likeness (QED) is 0.490. The van der Waals surface area contributed by atoms with Gasteiger partial charge in [-0.2, -0.15) is 4.52 Å². The molecule has 0 aliphatic rings. The van der Waals surface area contributed by atoms with E-state index in [4.69, 9.17) is 9.47 Å². The van der Waals surface area contributed by atoms with E-state index in [1.807, 2.05) is 30.3 Å². The Hall–Kier alpha value is -3.23. The van der Waals surface area contributed by atoms with E-state index in [1.54, 1.807) is 25.4 Å². The van der Waals surface area contributed by atoms with E-state index in [0.717, 1.165) is 21.6 Å². The molecule has 0 atom stereocenters. The van der Waals surface area contributed by atoms with Crippen LogP contribution in [0.4, 0.5) is 0 Å². The Labute approximate surface area is 170 Å². The number of aromatic amines is 1. The van der Waals surface area contributed by atoms with Gasteiger partial charge in [-0.15, -0.1) is 11.3 Å². The van der Waals surface area contributed by atoms with Crippen LogP contribution in [-0.2, 0) is 16.1 Å². The van der Waals surface area contributed by atoms with Crippen LogP contribution in [0, 0.1) is 0 Å². The summed E-state index contributed by atoms with van der Waals surface area (Å²) >= 11 is 1.56. The minimum atomic E-state index is -0.689. The van der Waals surface area contributed by atoms with E-state index >= 15 is 0 Å². The highest BCUT2D eigenvalue weighted by molar-refractivity contribution is 7.14. The Morgan fingerprint density at radius 3 is 2.76 bits per heavy atom. The molecule has 0 saturated heterocycles. The third-order valence-corrected chi connectivity index (χ3v) is 5.42. The molecule has 1 N–H and O–H groups in total. The molecule has 29 heavy (non-hydrogen) atoms. The molecule has 0 spiro atoms. The van der Waals surface area contributed by atoms with E-state index in [1.165, 1.54) is 10.7 Å². The molecule has 4 rings (SSSR count). The monoisotopic (exact) mass is 409 g/mol. The number of esters is 1. The fourth-order valence-corrected chi connectivity index (χ4v) is 4.15. The van der Waals surface area contributed by atoms with E-state index in [-0.39, 0.29) is 18.8 Å². The fourth-order valence-electron chi connectivity index (χ4n) is 3.17. The average Bonchev–Trinajstić information content (AvgIpc) is 3.34. The predicted octanol–water partition coefficient (Wildman–Crippen LogP) is 3.74. The molecule has 0 amide bonds. The first-order valence-electron chi connectivity index (χ1n) is 9.07. The lowest BCUT2D eigenvalue weighted by Gasteiger charge is -2.02. The van der Waals surface area contributed by atoms with E-state index < -0.39 is 11.5 Å². The highest BCUT2D eigenvalue weighted by Gasteiger charge is 2.21. The number of ether oxygens (including phenoxy) is 2. The summed E-state index contributed by atoms with van der Waals surface area (Å²) in [5, 5.41) is 5.10. The standard InChI is InChI=1S/C21H19N3O4S/c1-3-28-21(26)15-10-22-19-18(16(11-27-2)23-24(19)20(15)25)17-9-14(12-29-17)13-7-5-4-6-8-13/h4-10,12,23H,3,11H2,1-2H3. The second-order valence-electron chi connectivity index (χ2n) is 6.32. The third kappa shape index (κ3) is 3.48. The lowest BCUT2D eigenvalue weighted by atomic mass is 10.1. The molecule has 0 bridgehead atoms. The van der Waals surface area contributed by atoms with Crippen LogP contribution >= 0.6 is 11.3 Å². The summed E-state index contributed by atoms with van der Waals surface area (Å²) in [7, 11) is 1.58. The molecule has 0 aliphatic heterocycles. The third-order valence-electron chi connectivity index (χ3n) is 4.47. The van der Waals surface area contributed by atoms with Crippen molar-refractivity contribution < 1.29 is 14.3 Å². The first kappa shape index (κ1) is 19.1. The zero-order valence-electron chi connectivity index (χ0n) is 16.0. The number of hydrogen-bond donors (Lipinski definition) is 1. The minimum absolute atomic E-state index is 0.114. The molecule has 4 aromatic rings. The van der Waals surface area contributed by atoms with Gasteiger partial charge in [0.05, 0.1) is 24.5 Å². The molecule has 7 nitrogen and oxygen atoms in total. The molecule has 0 unspecified atom stereocenters. The number of carbonyl (C=O) groups excluding carboxylic acids is 1. The highest BCUT2D eigenvalue weighted by Crippen LogP contribution is 2.36. The van der Waals surface area contributed by atoms with Gasteiger partial charge in [-0.05, 0) is 29.5 Å². The molecule has 0 radical (unpaired) electrons. The Morgan fingerprint density at radius 2 is 2.03 bits per heavy atom. The van der Waals surface area contributed by atoms with Crippen LogP contribution in [0.3, 0.4) is 0 Å². The van der Waals surface area contributed by atoms with Crippen LogP contribution in [0.2, 0.25) is 0 Å². The zero-order chi connectivity index (χ0) is 20.4. The molecule has 1 aromatic carbocycles. The number of hydrogen-bond acceptors (Lipinski definition) is 6. The van der Waals surface area contributed by atoms with Gasteiger partial charge in [-0.25, -0.2) is 9.78 Å². The van der Waals surface area contributed by atoms with Gasteiger partial charge >= 0.3 is 5.97 Å². The van der Waals surface area contributed by atoms with E-state index in [9.17, 15) is 9.59 Å². The predicted molar refractivity (Wildman–Crippen MR) is 111 cm³/mol. The Bertz CT molecular complexity index is 1220. The number of benzene rings is 1. The lowest BCUT2D eigenvalue weighted by molar-refractivity contribution is 0.0523. The van der Waals surface area contributed by atoms with Crippen LogP contribution in [-0.4, -0.2) is 34.3 Å². The number of thiophene rings is 1. The molecular formula is C21H19N3O4S. The van der Waals surface area contributed by atoms with Crippen LogP contribution in [0.1, 0.15) is 23.0 Å². The highest BCUT2D eigenvalue weighted by atomic mass is 32.1. The number of rotatable bonds is 6. The molecule has 3 heterocycles. The summed E-state index contributed by atoms with van der Waals surface area (Å²) in [5.74, 6) is -0.689. The maximum Gasteiger partial charge on any atom is 0.345 e. The van der Waals surface area contributed by atoms with Crippen molar-refractivity contribution in [2.45, 2.75) is 13.5 Å². The summed E-state index contributed by atoms with van der Waals surface area (Å²) < 4.78 is 11.5. The number of nitrogens with one attached hydrogen (secondary N) is 1. The maximum atomic E-state index is 12.8. The largest absolute Gasteiger partial charge is 0.462 e. The second-order valence-corrected chi connectivity index (χ2v) is 7.23. The topological polar surface area (TPSA) is 85.7 Å². The van der Waals surface area contributed by atoms with E-state index in [2.05, 4.69) is 21.5 Å². The van der Waals surface area contributed by atoms with Gasteiger partial charge in [0.15, 0.2) is 5.65 Å². The van der Waals surface area contributed by atoms with Gasteiger partial charge in [0, 0.05) is 18.2 Å². The van der Waals surface area contributed by atoms with E-state index in [0.29, 0.717) is 11.3 Å². The van der Waals surface area contributed by atoms with Crippen LogP contribution in [0.15, 0.2) is 52.8 Å². The Morgan fingerprint density at radius 1 is 1.24 bits per heavy atom. The van der Waals surface area contributed by atoms with Crippen molar-refractivity contribution >= 4 is 23.0 Å². The van der Waals surface area contributed by atoms with Crippen molar-refractivity contribution in [2.24, 2.45) is 0 Å². The van der Waals surface area contributed by atoms with Gasteiger partial charge < -0.3 is 9.47 Å². The van der Waals surface area contributed by atoms with Crippen LogP contribution in [0.5, 0.6) is 0 Å². The van der Waals surface area contributed by atoms with Gasteiger partial charge in [0.1, 0.15) is 5.56 Å². The fraction of sp³-hybridized carbons (Fsp3) is 0.190. The first-order chi connectivity index (χ1) is 14.1. The van der Waals surface area contributed by atoms with Crippen molar-refractivity contribution in [3.63, 3.8) is 0 Å². The summed E-state index contributed by atoms with van der Waals surface area (Å²) in [4.78, 5) is 30.2. The van der Waals surface area contributed by atoms with Crippen molar-refractivity contribution in [3.05, 3.63) is 69.6 Å². The van der Waals surface area contributed by atoms with Crippen molar-refractivity contribution in [1.29, 1.82) is 0 Å². The van der Waals surface area contributed by atoms with Gasteiger partial charge in [0.2, 0.25) is 0 Å². The number of H-pyrrole nitrogens is 1. The molecule has 3 aromatic heterocycles. The van der Waals surface area contributed by atoms with Gasteiger partial charge in [-0.3, -0.25) is 9.89 Å². The number of nitrogens with zero attached hydrogens (tertiary/aromatic N) is 2. The molecule has 8 heteroatoms. The molecule has 0 aliphatic carbocycles. The summed E-state index contributed by atoms with van der Waals surface area (Å²) in [6.45, 7) is 2.14. The van der Waals surface area contributed by atoms with Crippen molar-refractivity contribution in [2.75, 3.05) is 13.7 Å². The summed E-state index contributed by atoms with van der Waals surface area (Å²) in [5.41, 5.74) is 3.51. The number of carbonyl (C=O) groups is 1. The maximum absolute atomic E-state index is 12.8. The number of methoxy groups -OCH3 is 1. The zero-order valence-corrected chi connectivity index (χ0v) is 16.8. The second kappa shape index (κ2) is 8.02. The smallest absolute Gasteiger partial charge is 0.345 e. The lowest BCUT2D eigenvalue weighted by Crippen LogP contribution is -2.24. The van der Waals surface area contributed by atoms with Crippen molar-refractivity contribution in [3.8, 4) is 21.6 Å². The molecule has 0 fully saturated rings. The van der Waals surface area contributed by atoms with Crippen molar-refractivity contribution in [1.82, 2.24) is 14.6 Å². The molecular weight excluding hydrogens is 390 g/mol. The summed E-state index contributed by atoms with van der Waals surface area (Å²) in [6, 6.07) is 12.1. The Balaban J connectivity index is 1.87. The first-order valence-corrected chi connectivity index (χ1v) is 9.95. The SMILES string of the molecule is CCOC(=O)c1cnc2c(-c3cc(-c4ccccc4)cs3)c(COC)[nH]n2c1=O. The average molecular weight is 409 g/mol. The van der Waals surface area contributed by atoms with Gasteiger partial charge in [-0.1, -0.05) is 30.3 Å². The Kier molecular flexibility index (Phi) is 5.28. The molecule has 0 saturated carbocycles. The normalized spacial score (nSPS) is 11.1. The summed E-state index contributed by atoms with van der Waals surface area (Å²) in [6.07, 6.45) is 1.27. The van der Waals surface area contributed by atoms with Crippen LogP contribution < -0.4 is 5.56 Å². The van der Waals surface area contributed by atoms with Gasteiger partial charge in [0.25, 0.3) is 5.56 Å². The van der Waals surface area contributed by atoms with Crippen LogP contribution in [0.25, 0.3) is 27.2 Å². The molecule has 148 valence electrons. The number of aromatic nitrogens is 3. The minimum Gasteiger partial charge on any atom is -0.462 e.